The molecule has 1 amide bonds. The maximum absolute atomic E-state index is 12.4. The van der Waals surface area contributed by atoms with E-state index in [1.807, 2.05) is 97.1 Å². The first kappa shape index (κ1) is 16.9. The molecule has 0 atom stereocenters. The topological polar surface area (TPSA) is 38.3 Å². The Labute approximate surface area is 158 Å². The standard InChI is InChI=1S/C24H19NO2/c26-24(17-27-21-15-14-18-8-4-5-11-20(18)16-21)25-23-13-7-6-12-22(23)19-9-2-1-3-10-19/h1-16H,17H2,(H,25,26). The fourth-order valence-corrected chi connectivity index (χ4v) is 3.05. The van der Waals surface area contributed by atoms with Gasteiger partial charge >= 0.3 is 0 Å². The molecule has 0 fully saturated rings. The highest BCUT2D eigenvalue weighted by Crippen LogP contribution is 2.27. The van der Waals surface area contributed by atoms with Gasteiger partial charge in [0.25, 0.3) is 5.91 Å². The lowest BCUT2D eigenvalue weighted by atomic mass is 10.0. The minimum Gasteiger partial charge on any atom is -0.484 e. The molecule has 0 spiro atoms. The van der Waals surface area contributed by atoms with E-state index >= 15 is 0 Å². The Hall–Kier alpha value is -3.59. The lowest BCUT2D eigenvalue weighted by molar-refractivity contribution is -0.118. The first-order valence-electron chi connectivity index (χ1n) is 8.85. The normalized spacial score (nSPS) is 10.5. The quantitative estimate of drug-likeness (QED) is 0.513. The number of ether oxygens (including phenoxy) is 1. The Morgan fingerprint density at radius 1 is 0.741 bits per heavy atom. The van der Waals surface area contributed by atoms with Crippen molar-refractivity contribution < 1.29 is 9.53 Å². The number of para-hydroxylation sites is 1. The molecule has 0 heterocycles. The monoisotopic (exact) mass is 353 g/mol. The highest BCUT2D eigenvalue weighted by molar-refractivity contribution is 5.96. The van der Waals surface area contributed by atoms with Gasteiger partial charge in [-0.25, -0.2) is 0 Å². The lowest BCUT2D eigenvalue weighted by Gasteiger charge is -2.12. The molecule has 0 aromatic heterocycles. The average Bonchev–Trinajstić information content (AvgIpc) is 2.73. The SMILES string of the molecule is O=C(COc1ccc2ccccc2c1)Nc1ccccc1-c1ccccc1. The van der Waals surface area contributed by atoms with E-state index in [-0.39, 0.29) is 12.5 Å². The number of carbonyl (C=O) groups excluding carboxylic acids is 1. The van der Waals surface area contributed by atoms with Crippen LogP contribution in [0.5, 0.6) is 5.75 Å². The van der Waals surface area contributed by atoms with Crippen molar-refractivity contribution in [3.8, 4) is 16.9 Å². The van der Waals surface area contributed by atoms with Crippen LogP contribution in [0, 0.1) is 0 Å². The predicted octanol–water partition coefficient (Wildman–Crippen LogP) is 5.52. The lowest BCUT2D eigenvalue weighted by Crippen LogP contribution is -2.20. The minimum atomic E-state index is -0.188. The van der Waals surface area contributed by atoms with Crippen LogP contribution in [0.3, 0.4) is 0 Å². The molecule has 0 saturated carbocycles. The molecule has 0 radical (unpaired) electrons. The Bertz CT molecular complexity index is 1070. The first-order valence-corrected chi connectivity index (χ1v) is 8.85. The van der Waals surface area contributed by atoms with E-state index in [0.29, 0.717) is 5.75 Å². The molecule has 132 valence electrons. The van der Waals surface area contributed by atoms with E-state index < -0.39 is 0 Å². The molecule has 4 aromatic rings. The number of nitrogens with one attached hydrogen (secondary N) is 1. The third-order valence-corrected chi connectivity index (χ3v) is 4.38. The third kappa shape index (κ3) is 3.98. The molecule has 1 N–H and O–H groups in total. The zero-order valence-corrected chi connectivity index (χ0v) is 14.8. The fraction of sp³-hybridized carbons (Fsp3) is 0.0417. The molecule has 3 heteroatoms. The van der Waals surface area contributed by atoms with Gasteiger partial charge in [0.05, 0.1) is 0 Å². The number of hydrogen-bond acceptors (Lipinski definition) is 2. The van der Waals surface area contributed by atoms with Gasteiger partial charge in [-0.1, -0.05) is 78.9 Å². The van der Waals surface area contributed by atoms with E-state index in [9.17, 15) is 4.79 Å². The smallest absolute Gasteiger partial charge is 0.262 e. The van der Waals surface area contributed by atoms with Gasteiger partial charge in [-0.15, -0.1) is 0 Å². The second kappa shape index (κ2) is 7.75. The maximum Gasteiger partial charge on any atom is 0.262 e. The summed E-state index contributed by atoms with van der Waals surface area (Å²) in [5.74, 6) is 0.492. The van der Waals surface area contributed by atoms with Crippen LogP contribution in [0.2, 0.25) is 0 Å². The van der Waals surface area contributed by atoms with Crippen molar-refractivity contribution in [1.82, 2.24) is 0 Å². The Morgan fingerprint density at radius 3 is 2.30 bits per heavy atom. The summed E-state index contributed by atoms with van der Waals surface area (Å²) >= 11 is 0. The second-order valence-corrected chi connectivity index (χ2v) is 6.26. The van der Waals surface area contributed by atoms with Crippen LogP contribution in [0.15, 0.2) is 97.1 Å². The minimum absolute atomic E-state index is 0.0402. The van der Waals surface area contributed by atoms with Gasteiger partial charge in [0.2, 0.25) is 0 Å². The highest BCUT2D eigenvalue weighted by Gasteiger charge is 2.09. The summed E-state index contributed by atoms with van der Waals surface area (Å²) in [7, 11) is 0. The Balaban J connectivity index is 1.45. The molecule has 0 aliphatic rings. The van der Waals surface area contributed by atoms with Gasteiger partial charge in [0.1, 0.15) is 5.75 Å². The zero-order valence-electron chi connectivity index (χ0n) is 14.8. The number of anilines is 1. The van der Waals surface area contributed by atoms with E-state index in [1.165, 1.54) is 0 Å². The van der Waals surface area contributed by atoms with Crippen molar-refractivity contribution in [3.05, 3.63) is 97.1 Å². The zero-order chi connectivity index (χ0) is 18.5. The molecule has 3 nitrogen and oxygen atoms in total. The van der Waals surface area contributed by atoms with Crippen molar-refractivity contribution in [2.75, 3.05) is 11.9 Å². The van der Waals surface area contributed by atoms with Crippen molar-refractivity contribution >= 4 is 22.4 Å². The van der Waals surface area contributed by atoms with Crippen molar-refractivity contribution in [3.63, 3.8) is 0 Å². The average molecular weight is 353 g/mol. The van der Waals surface area contributed by atoms with Gasteiger partial charge in [0.15, 0.2) is 6.61 Å². The van der Waals surface area contributed by atoms with Crippen LogP contribution in [0.1, 0.15) is 0 Å². The second-order valence-electron chi connectivity index (χ2n) is 6.26. The summed E-state index contributed by atoms with van der Waals surface area (Å²) in [6.45, 7) is -0.0402. The molecule has 0 bridgehead atoms. The van der Waals surface area contributed by atoms with Crippen molar-refractivity contribution in [1.29, 1.82) is 0 Å². The van der Waals surface area contributed by atoms with Gasteiger partial charge in [-0.3, -0.25) is 4.79 Å². The molecule has 4 aromatic carbocycles. The highest BCUT2D eigenvalue weighted by atomic mass is 16.5. The largest absolute Gasteiger partial charge is 0.484 e. The van der Waals surface area contributed by atoms with Gasteiger partial charge in [-0.2, -0.15) is 0 Å². The molecule has 0 saturated heterocycles. The summed E-state index contributed by atoms with van der Waals surface area (Å²) in [5.41, 5.74) is 2.82. The van der Waals surface area contributed by atoms with Crippen LogP contribution in [0.25, 0.3) is 21.9 Å². The number of benzene rings is 4. The number of carbonyl (C=O) groups is 1. The van der Waals surface area contributed by atoms with Crippen LogP contribution in [-0.4, -0.2) is 12.5 Å². The molecule has 4 rings (SSSR count). The van der Waals surface area contributed by atoms with Crippen LogP contribution < -0.4 is 10.1 Å². The number of amides is 1. The number of hydrogen-bond donors (Lipinski definition) is 1. The van der Waals surface area contributed by atoms with Crippen LogP contribution in [0.4, 0.5) is 5.69 Å². The molecule has 0 unspecified atom stereocenters. The maximum atomic E-state index is 12.4. The van der Waals surface area contributed by atoms with E-state index in [1.54, 1.807) is 0 Å². The summed E-state index contributed by atoms with van der Waals surface area (Å²) < 4.78 is 5.68. The summed E-state index contributed by atoms with van der Waals surface area (Å²) in [5, 5.41) is 5.18. The van der Waals surface area contributed by atoms with Crippen molar-refractivity contribution in [2.45, 2.75) is 0 Å². The molecule has 0 aliphatic heterocycles. The molecule has 27 heavy (non-hydrogen) atoms. The third-order valence-electron chi connectivity index (χ3n) is 4.38. The van der Waals surface area contributed by atoms with Gasteiger partial charge < -0.3 is 10.1 Å². The summed E-state index contributed by atoms with van der Waals surface area (Å²) in [6, 6.07) is 31.6. The molecular weight excluding hydrogens is 334 g/mol. The Kier molecular flexibility index (Phi) is 4.84. The van der Waals surface area contributed by atoms with Crippen molar-refractivity contribution in [2.24, 2.45) is 0 Å². The molecule has 0 aliphatic carbocycles. The van der Waals surface area contributed by atoms with Crippen LogP contribution in [-0.2, 0) is 4.79 Å². The Morgan fingerprint density at radius 2 is 1.44 bits per heavy atom. The van der Waals surface area contributed by atoms with Gasteiger partial charge in [-0.05, 0) is 34.5 Å². The van der Waals surface area contributed by atoms with E-state index in [4.69, 9.17) is 4.74 Å². The van der Waals surface area contributed by atoms with Crippen LogP contribution >= 0.6 is 0 Å². The summed E-state index contributed by atoms with van der Waals surface area (Å²) in [6.07, 6.45) is 0. The van der Waals surface area contributed by atoms with Gasteiger partial charge in [0, 0.05) is 11.3 Å². The number of rotatable bonds is 5. The predicted molar refractivity (Wildman–Crippen MR) is 110 cm³/mol. The van der Waals surface area contributed by atoms with E-state index in [2.05, 4.69) is 5.32 Å². The van der Waals surface area contributed by atoms with E-state index in [0.717, 1.165) is 27.6 Å². The molecular formula is C24H19NO2. The first-order chi connectivity index (χ1) is 13.3. The number of fused-ring (bicyclic) bond motifs is 1. The fourth-order valence-electron chi connectivity index (χ4n) is 3.05. The summed E-state index contributed by atoms with van der Waals surface area (Å²) in [4.78, 5) is 12.4.